The van der Waals surface area contributed by atoms with Gasteiger partial charge < -0.3 is 5.21 Å². The van der Waals surface area contributed by atoms with E-state index in [0.717, 1.165) is 0 Å². The minimum absolute atomic E-state index is 0.0506. The third-order valence-corrected chi connectivity index (χ3v) is 2.21. The van der Waals surface area contributed by atoms with Crippen LogP contribution < -0.4 is 0 Å². The summed E-state index contributed by atoms with van der Waals surface area (Å²) in [6, 6.07) is 0.666. The van der Waals surface area contributed by atoms with Gasteiger partial charge in [-0.2, -0.15) is 26.3 Å². The van der Waals surface area contributed by atoms with Gasteiger partial charge in [0.1, 0.15) is 0 Å². The summed E-state index contributed by atoms with van der Waals surface area (Å²) in [4.78, 5) is 0. The highest BCUT2D eigenvalue weighted by molar-refractivity contribution is 6.69. The van der Waals surface area contributed by atoms with Crippen LogP contribution in [0.4, 0.5) is 26.3 Å². The Bertz CT molecular complexity index is 447. The molecule has 1 aromatic rings. The lowest BCUT2D eigenvalue weighted by molar-refractivity contribution is -0.143. The van der Waals surface area contributed by atoms with Crippen molar-refractivity contribution >= 4 is 16.8 Å². The summed E-state index contributed by atoms with van der Waals surface area (Å²) in [7, 11) is 0. The normalized spacial score (nSPS) is 13.8. The van der Waals surface area contributed by atoms with Crippen molar-refractivity contribution < 1.29 is 31.5 Å². The van der Waals surface area contributed by atoms with E-state index in [1.165, 1.54) is 0 Å². The Labute approximate surface area is 101 Å². The Morgan fingerprint density at radius 3 is 1.61 bits per heavy atom. The van der Waals surface area contributed by atoms with E-state index in [1.54, 1.807) is 0 Å². The second-order valence-corrected chi connectivity index (χ2v) is 3.54. The molecule has 1 aromatic carbocycles. The maximum atomic E-state index is 12.4. The summed E-state index contributed by atoms with van der Waals surface area (Å²) in [5.74, 6) is 0. The SMILES string of the molecule is ON=C(Cl)c1cc(C(F)(F)F)cc(C(F)(F)F)c1. The molecule has 0 aliphatic rings. The monoisotopic (exact) mass is 291 g/mol. The quantitative estimate of drug-likeness (QED) is 0.359. The summed E-state index contributed by atoms with van der Waals surface area (Å²) >= 11 is 5.20. The third-order valence-electron chi connectivity index (χ3n) is 1.91. The van der Waals surface area contributed by atoms with Crippen LogP contribution in [0.25, 0.3) is 0 Å². The lowest BCUT2D eigenvalue weighted by atomic mass is 10.1. The molecule has 0 saturated carbocycles. The summed E-state index contributed by atoms with van der Waals surface area (Å²) in [5, 5.41) is 9.75. The van der Waals surface area contributed by atoms with E-state index in [2.05, 4.69) is 5.16 Å². The van der Waals surface area contributed by atoms with Gasteiger partial charge in [0.25, 0.3) is 0 Å². The average Bonchev–Trinajstić information content (AvgIpc) is 2.25. The molecule has 0 spiro atoms. The van der Waals surface area contributed by atoms with Crippen molar-refractivity contribution in [1.29, 1.82) is 0 Å². The third kappa shape index (κ3) is 3.28. The van der Waals surface area contributed by atoms with E-state index >= 15 is 0 Å². The van der Waals surface area contributed by atoms with Gasteiger partial charge in [-0.05, 0) is 18.2 Å². The van der Waals surface area contributed by atoms with Gasteiger partial charge in [0, 0.05) is 5.56 Å². The Morgan fingerprint density at radius 2 is 1.33 bits per heavy atom. The second-order valence-electron chi connectivity index (χ2n) is 3.19. The summed E-state index contributed by atoms with van der Waals surface area (Å²) in [6.45, 7) is 0. The highest BCUT2D eigenvalue weighted by atomic mass is 35.5. The van der Waals surface area contributed by atoms with Crippen LogP contribution in [-0.4, -0.2) is 10.4 Å². The molecular weight excluding hydrogens is 288 g/mol. The molecule has 0 unspecified atom stereocenters. The van der Waals surface area contributed by atoms with Crippen molar-refractivity contribution in [3.8, 4) is 0 Å². The van der Waals surface area contributed by atoms with Crippen molar-refractivity contribution in [3.05, 3.63) is 34.9 Å². The number of benzene rings is 1. The van der Waals surface area contributed by atoms with Crippen LogP contribution in [0.5, 0.6) is 0 Å². The van der Waals surface area contributed by atoms with Gasteiger partial charge in [0.15, 0.2) is 5.17 Å². The minimum atomic E-state index is -4.97. The molecule has 0 aliphatic carbocycles. The molecule has 0 fully saturated rings. The summed E-state index contributed by atoms with van der Waals surface area (Å²) < 4.78 is 74.3. The lowest BCUT2D eigenvalue weighted by Gasteiger charge is -2.13. The van der Waals surface area contributed by atoms with E-state index < -0.39 is 34.2 Å². The Kier molecular flexibility index (Phi) is 3.80. The predicted octanol–water partition coefficient (Wildman–Crippen LogP) is 4.10. The fraction of sp³-hybridized carbons (Fsp3) is 0.222. The molecule has 0 radical (unpaired) electrons. The maximum Gasteiger partial charge on any atom is 0.416 e. The minimum Gasteiger partial charge on any atom is -0.410 e. The van der Waals surface area contributed by atoms with E-state index in [4.69, 9.17) is 16.8 Å². The molecule has 0 saturated heterocycles. The number of hydrogen-bond donors (Lipinski definition) is 1. The van der Waals surface area contributed by atoms with Crippen LogP contribution in [0.15, 0.2) is 23.4 Å². The van der Waals surface area contributed by atoms with Gasteiger partial charge in [-0.15, -0.1) is 0 Å². The van der Waals surface area contributed by atoms with Gasteiger partial charge in [0.2, 0.25) is 0 Å². The van der Waals surface area contributed by atoms with E-state index in [9.17, 15) is 26.3 Å². The molecule has 0 atom stereocenters. The van der Waals surface area contributed by atoms with Crippen LogP contribution in [-0.2, 0) is 12.4 Å². The standard InChI is InChI=1S/C9H4ClF6NO/c10-7(17-18)4-1-5(8(11,12)13)3-6(2-4)9(14,15)16/h1-3,18H. The van der Waals surface area contributed by atoms with Gasteiger partial charge in [-0.25, -0.2) is 0 Å². The molecule has 0 bridgehead atoms. The van der Waals surface area contributed by atoms with Gasteiger partial charge >= 0.3 is 12.4 Å². The lowest BCUT2D eigenvalue weighted by Crippen LogP contribution is -2.12. The molecule has 0 aliphatic heterocycles. The molecule has 1 N–H and O–H groups in total. The van der Waals surface area contributed by atoms with Gasteiger partial charge in [0.05, 0.1) is 11.1 Å². The average molecular weight is 292 g/mol. The highest BCUT2D eigenvalue weighted by Gasteiger charge is 2.37. The second kappa shape index (κ2) is 4.68. The van der Waals surface area contributed by atoms with Gasteiger partial charge in [-0.1, -0.05) is 16.8 Å². The Balaban J connectivity index is 3.49. The van der Waals surface area contributed by atoms with Crippen LogP contribution >= 0.6 is 11.6 Å². The number of rotatable bonds is 1. The number of hydrogen-bond acceptors (Lipinski definition) is 2. The Hall–Kier alpha value is -1.44. The van der Waals surface area contributed by atoms with E-state index in [-0.39, 0.29) is 6.07 Å². The summed E-state index contributed by atoms with van der Waals surface area (Å²) in [6.07, 6.45) is -9.94. The van der Waals surface area contributed by atoms with Crippen LogP contribution in [0.3, 0.4) is 0 Å². The molecule has 0 aromatic heterocycles. The molecule has 1 rings (SSSR count). The maximum absolute atomic E-state index is 12.4. The van der Waals surface area contributed by atoms with Gasteiger partial charge in [-0.3, -0.25) is 0 Å². The number of nitrogens with zero attached hydrogens (tertiary/aromatic N) is 1. The first-order valence-corrected chi connectivity index (χ1v) is 4.61. The summed E-state index contributed by atoms with van der Waals surface area (Å²) in [5.41, 5.74) is -3.75. The zero-order valence-electron chi connectivity index (χ0n) is 8.27. The fourth-order valence-electron chi connectivity index (χ4n) is 1.13. The van der Waals surface area contributed by atoms with Crippen LogP contribution in [0.2, 0.25) is 0 Å². The van der Waals surface area contributed by atoms with Crippen molar-refractivity contribution in [1.82, 2.24) is 0 Å². The highest BCUT2D eigenvalue weighted by Crippen LogP contribution is 2.36. The molecule has 100 valence electrons. The molecule has 18 heavy (non-hydrogen) atoms. The smallest absolute Gasteiger partial charge is 0.410 e. The van der Waals surface area contributed by atoms with Crippen molar-refractivity contribution in [2.75, 3.05) is 0 Å². The zero-order valence-corrected chi connectivity index (χ0v) is 9.03. The molecular formula is C9H4ClF6NO. The molecule has 2 nitrogen and oxygen atoms in total. The number of halogens is 7. The molecule has 9 heteroatoms. The predicted molar refractivity (Wildman–Crippen MR) is 50.6 cm³/mol. The first-order valence-electron chi connectivity index (χ1n) is 4.23. The fourth-order valence-corrected chi connectivity index (χ4v) is 1.24. The Morgan fingerprint density at radius 1 is 0.944 bits per heavy atom. The van der Waals surface area contributed by atoms with E-state index in [0.29, 0.717) is 12.1 Å². The zero-order chi connectivity index (χ0) is 14.1. The topological polar surface area (TPSA) is 32.6 Å². The molecule has 0 heterocycles. The molecule has 0 amide bonds. The van der Waals surface area contributed by atoms with E-state index in [1.807, 2.05) is 0 Å². The van der Waals surface area contributed by atoms with Crippen molar-refractivity contribution in [2.45, 2.75) is 12.4 Å². The van der Waals surface area contributed by atoms with Crippen molar-refractivity contribution in [3.63, 3.8) is 0 Å². The van der Waals surface area contributed by atoms with Crippen molar-refractivity contribution in [2.24, 2.45) is 5.16 Å². The van der Waals surface area contributed by atoms with Crippen LogP contribution in [0.1, 0.15) is 16.7 Å². The largest absolute Gasteiger partial charge is 0.416 e. The first kappa shape index (κ1) is 14.6. The first-order chi connectivity index (χ1) is 8.05. The van der Waals surface area contributed by atoms with Crippen LogP contribution in [0, 0.1) is 0 Å². The number of oxime groups is 1. The number of alkyl halides is 6.